The Hall–Kier alpha value is -2.21. The molecule has 0 radical (unpaired) electrons. The van der Waals surface area contributed by atoms with Gasteiger partial charge in [0.25, 0.3) is 5.91 Å². The quantitative estimate of drug-likeness (QED) is 0.865. The summed E-state index contributed by atoms with van der Waals surface area (Å²) in [6.45, 7) is 3.54. The van der Waals surface area contributed by atoms with Crippen molar-refractivity contribution in [3.05, 3.63) is 47.8 Å². The van der Waals surface area contributed by atoms with Gasteiger partial charge in [0.05, 0.1) is 26.0 Å². The smallest absolute Gasteiger partial charge is 0.253 e. The molecule has 2 heterocycles. The highest BCUT2D eigenvalue weighted by Gasteiger charge is 2.41. The second kappa shape index (κ2) is 6.36. The largest absolute Gasteiger partial charge is 0.379 e. The molecule has 1 spiro atoms. The van der Waals surface area contributed by atoms with Crippen LogP contribution in [-0.4, -0.2) is 52.1 Å². The van der Waals surface area contributed by atoms with Gasteiger partial charge in [-0.2, -0.15) is 0 Å². The molecule has 1 aliphatic carbocycles. The van der Waals surface area contributed by atoms with E-state index >= 15 is 0 Å². The van der Waals surface area contributed by atoms with Crippen LogP contribution in [0.15, 0.2) is 36.7 Å². The Labute approximate surface area is 141 Å². The lowest BCUT2D eigenvalue weighted by Gasteiger charge is -2.42. The number of ether oxygens (including phenoxy) is 1. The van der Waals surface area contributed by atoms with E-state index < -0.39 is 0 Å². The van der Waals surface area contributed by atoms with Crippen LogP contribution < -0.4 is 0 Å². The van der Waals surface area contributed by atoms with Crippen molar-refractivity contribution in [2.75, 3.05) is 26.3 Å². The highest BCUT2D eigenvalue weighted by atomic mass is 16.5. The zero-order chi connectivity index (χ0) is 16.4. The maximum atomic E-state index is 13.0. The molecule has 0 N–H and O–H groups in total. The van der Waals surface area contributed by atoms with Gasteiger partial charge in [0, 0.05) is 30.3 Å². The fourth-order valence-electron chi connectivity index (χ4n) is 3.63. The highest BCUT2D eigenvalue weighted by molar-refractivity contribution is 5.94. The lowest BCUT2D eigenvalue weighted by molar-refractivity contribution is 0.0104. The summed E-state index contributed by atoms with van der Waals surface area (Å²) in [4.78, 5) is 14.9. The van der Waals surface area contributed by atoms with Gasteiger partial charge in [-0.15, -0.1) is 5.10 Å². The maximum Gasteiger partial charge on any atom is 0.253 e. The molecule has 4 rings (SSSR count). The maximum absolute atomic E-state index is 13.0. The summed E-state index contributed by atoms with van der Waals surface area (Å²) in [5, 5.41) is 7.80. The van der Waals surface area contributed by atoms with E-state index in [9.17, 15) is 4.79 Å². The normalized spacial score (nSPS) is 19.8. The van der Waals surface area contributed by atoms with E-state index in [1.54, 1.807) is 10.9 Å². The van der Waals surface area contributed by atoms with Gasteiger partial charge >= 0.3 is 0 Å². The molecule has 1 saturated heterocycles. The summed E-state index contributed by atoms with van der Waals surface area (Å²) in [7, 11) is 0. The average molecular weight is 326 g/mol. The van der Waals surface area contributed by atoms with Crippen LogP contribution in [0.2, 0.25) is 0 Å². The SMILES string of the molecule is O=C(c1cccc(Cn2ccnn2)c1)N1CCOCC2(CCC2)C1. The molecule has 1 aromatic heterocycles. The van der Waals surface area contributed by atoms with Gasteiger partial charge in [-0.25, -0.2) is 4.68 Å². The van der Waals surface area contributed by atoms with Crippen LogP contribution in [0.4, 0.5) is 0 Å². The van der Waals surface area contributed by atoms with Gasteiger partial charge in [-0.1, -0.05) is 23.8 Å². The van der Waals surface area contributed by atoms with Crippen LogP contribution >= 0.6 is 0 Å². The second-order valence-corrected chi connectivity index (χ2v) is 6.93. The zero-order valence-electron chi connectivity index (χ0n) is 13.7. The third-order valence-electron chi connectivity index (χ3n) is 5.13. The highest BCUT2D eigenvalue weighted by Crippen LogP contribution is 2.42. The molecule has 0 atom stereocenters. The summed E-state index contributed by atoms with van der Waals surface area (Å²) in [6.07, 6.45) is 7.07. The fourth-order valence-corrected chi connectivity index (χ4v) is 3.63. The summed E-state index contributed by atoms with van der Waals surface area (Å²) in [5.41, 5.74) is 1.99. The first-order valence-electron chi connectivity index (χ1n) is 8.54. The second-order valence-electron chi connectivity index (χ2n) is 6.93. The third-order valence-corrected chi connectivity index (χ3v) is 5.13. The number of amides is 1. The van der Waals surface area contributed by atoms with Crippen LogP contribution in [0.1, 0.15) is 35.2 Å². The number of benzene rings is 1. The molecule has 2 aromatic rings. The minimum absolute atomic E-state index is 0.104. The van der Waals surface area contributed by atoms with Crippen molar-refractivity contribution in [3.63, 3.8) is 0 Å². The Balaban J connectivity index is 1.51. The molecule has 1 saturated carbocycles. The Morgan fingerprint density at radius 3 is 3.00 bits per heavy atom. The number of carbonyl (C=O) groups is 1. The number of hydrogen-bond donors (Lipinski definition) is 0. The molecular formula is C18H22N4O2. The van der Waals surface area contributed by atoms with Crippen molar-refractivity contribution in [3.8, 4) is 0 Å². The molecule has 6 heteroatoms. The third kappa shape index (κ3) is 3.06. The molecule has 1 aliphatic heterocycles. The van der Waals surface area contributed by atoms with Gasteiger partial charge in [-0.05, 0) is 30.5 Å². The first kappa shape index (κ1) is 15.3. The Kier molecular flexibility index (Phi) is 4.06. The van der Waals surface area contributed by atoms with Crippen molar-refractivity contribution in [2.45, 2.75) is 25.8 Å². The van der Waals surface area contributed by atoms with Gasteiger partial charge in [0.1, 0.15) is 0 Å². The molecule has 126 valence electrons. The molecule has 0 bridgehead atoms. The van der Waals surface area contributed by atoms with E-state index in [1.165, 1.54) is 19.3 Å². The Morgan fingerprint density at radius 1 is 1.33 bits per heavy atom. The number of carbonyl (C=O) groups excluding carboxylic acids is 1. The summed E-state index contributed by atoms with van der Waals surface area (Å²) in [6, 6.07) is 7.81. The van der Waals surface area contributed by atoms with E-state index in [0.717, 1.165) is 24.3 Å². The predicted molar refractivity (Wildman–Crippen MR) is 88.6 cm³/mol. The van der Waals surface area contributed by atoms with E-state index in [0.29, 0.717) is 19.7 Å². The molecule has 0 unspecified atom stereocenters. The lowest BCUT2D eigenvalue weighted by Crippen LogP contribution is -2.45. The number of hydrogen-bond acceptors (Lipinski definition) is 4. The molecule has 1 aromatic carbocycles. The van der Waals surface area contributed by atoms with Crippen LogP contribution in [0.25, 0.3) is 0 Å². The van der Waals surface area contributed by atoms with E-state index in [-0.39, 0.29) is 11.3 Å². The Bertz CT molecular complexity index is 710. The standard InChI is InChI=1S/C18H22N4O2/c23-17(21-9-10-24-14-18(13-21)5-2-6-18)16-4-1-3-15(11-16)12-22-8-7-19-20-22/h1,3-4,7-8,11H,2,5-6,9-10,12-14H2. The van der Waals surface area contributed by atoms with Crippen molar-refractivity contribution in [1.82, 2.24) is 19.9 Å². The molecule has 6 nitrogen and oxygen atoms in total. The first-order valence-corrected chi connectivity index (χ1v) is 8.54. The van der Waals surface area contributed by atoms with E-state index in [1.807, 2.05) is 35.4 Å². The van der Waals surface area contributed by atoms with Gasteiger partial charge in [0.15, 0.2) is 0 Å². The van der Waals surface area contributed by atoms with Crippen LogP contribution in [-0.2, 0) is 11.3 Å². The van der Waals surface area contributed by atoms with Gasteiger partial charge in [-0.3, -0.25) is 4.79 Å². The van der Waals surface area contributed by atoms with Crippen molar-refractivity contribution >= 4 is 5.91 Å². The number of nitrogens with zero attached hydrogens (tertiary/aromatic N) is 4. The lowest BCUT2D eigenvalue weighted by atomic mass is 9.69. The first-order chi connectivity index (χ1) is 11.7. The van der Waals surface area contributed by atoms with Gasteiger partial charge in [0.2, 0.25) is 0 Å². The molecule has 24 heavy (non-hydrogen) atoms. The van der Waals surface area contributed by atoms with Crippen molar-refractivity contribution in [2.24, 2.45) is 5.41 Å². The van der Waals surface area contributed by atoms with Gasteiger partial charge < -0.3 is 9.64 Å². The summed E-state index contributed by atoms with van der Waals surface area (Å²) in [5.74, 6) is 0.104. The van der Waals surface area contributed by atoms with Crippen molar-refractivity contribution < 1.29 is 9.53 Å². The fraction of sp³-hybridized carbons (Fsp3) is 0.500. The molecule has 2 aliphatic rings. The minimum atomic E-state index is 0.104. The zero-order valence-corrected chi connectivity index (χ0v) is 13.7. The summed E-state index contributed by atoms with van der Waals surface area (Å²) >= 11 is 0. The predicted octanol–water partition coefficient (Wildman–Crippen LogP) is 1.97. The number of rotatable bonds is 3. The van der Waals surface area contributed by atoms with Crippen LogP contribution in [0.3, 0.4) is 0 Å². The average Bonchev–Trinajstić information content (AvgIpc) is 2.96. The van der Waals surface area contributed by atoms with Crippen LogP contribution in [0, 0.1) is 5.41 Å². The van der Waals surface area contributed by atoms with Crippen molar-refractivity contribution in [1.29, 1.82) is 0 Å². The monoisotopic (exact) mass is 326 g/mol. The topological polar surface area (TPSA) is 60.2 Å². The Morgan fingerprint density at radius 2 is 2.25 bits per heavy atom. The number of aromatic nitrogens is 3. The minimum Gasteiger partial charge on any atom is -0.379 e. The molecule has 1 amide bonds. The summed E-state index contributed by atoms with van der Waals surface area (Å²) < 4.78 is 7.51. The molecular weight excluding hydrogens is 304 g/mol. The van der Waals surface area contributed by atoms with E-state index in [4.69, 9.17) is 4.74 Å². The van der Waals surface area contributed by atoms with Crippen LogP contribution in [0.5, 0.6) is 0 Å². The van der Waals surface area contributed by atoms with E-state index in [2.05, 4.69) is 10.3 Å². The molecule has 2 fully saturated rings.